The fourth-order valence-corrected chi connectivity index (χ4v) is 2.88. The van der Waals surface area contributed by atoms with Crippen molar-refractivity contribution in [1.29, 1.82) is 0 Å². The Labute approximate surface area is 125 Å². The predicted octanol–water partition coefficient (Wildman–Crippen LogP) is 4.79. The molecule has 0 radical (unpaired) electrons. The molecule has 0 aromatic heterocycles. The summed E-state index contributed by atoms with van der Waals surface area (Å²) < 4.78 is 13.8. The molecule has 19 heavy (non-hydrogen) atoms. The Hall–Kier alpha value is -0.410. The second-order valence-corrected chi connectivity index (χ2v) is 6.46. The molecule has 2 unspecified atom stereocenters. The highest BCUT2D eigenvalue weighted by atomic mass is 79.9. The quantitative estimate of drug-likeness (QED) is 0.758. The average Bonchev–Trinajstić information content (AvgIpc) is 2.36. The van der Waals surface area contributed by atoms with E-state index in [-0.39, 0.29) is 5.82 Å². The SMILES string of the molecule is CCCNC(C)C(Cc1ccc(F)c(Br)c1)C(C)C. The maximum absolute atomic E-state index is 13.3. The monoisotopic (exact) mass is 329 g/mol. The number of hydrogen-bond donors (Lipinski definition) is 1. The Balaban J connectivity index is 2.74. The zero-order valence-corrected chi connectivity index (χ0v) is 13.9. The van der Waals surface area contributed by atoms with Crippen molar-refractivity contribution < 1.29 is 4.39 Å². The van der Waals surface area contributed by atoms with Gasteiger partial charge in [0.15, 0.2) is 0 Å². The topological polar surface area (TPSA) is 12.0 Å². The molecule has 0 saturated carbocycles. The molecular formula is C16H25BrFN. The molecular weight excluding hydrogens is 305 g/mol. The van der Waals surface area contributed by atoms with E-state index < -0.39 is 0 Å². The van der Waals surface area contributed by atoms with Crippen molar-refractivity contribution in [3.05, 3.63) is 34.1 Å². The standard InChI is InChI=1S/C16H25BrFN/c1-5-8-19-12(4)14(11(2)3)9-13-6-7-16(18)15(17)10-13/h6-7,10-12,14,19H,5,8-9H2,1-4H3. The molecule has 0 aliphatic carbocycles. The van der Waals surface area contributed by atoms with E-state index in [2.05, 4.69) is 48.9 Å². The van der Waals surface area contributed by atoms with Gasteiger partial charge >= 0.3 is 0 Å². The van der Waals surface area contributed by atoms with E-state index in [4.69, 9.17) is 0 Å². The zero-order chi connectivity index (χ0) is 14.4. The van der Waals surface area contributed by atoms with Crippen molar-refractivity contribution in [2.24, 2.45) is 11.8 Å². The third-order valence-electron chi connectivity index (χ3n) is 3.67. The van der Waals surface area contributed by atoms with Crippen LogP contribution in [0.25, 0.3) is 0 Å². The molecule has 2 atom stereocenters. The number of hydrogen-bond acceptors (Lipinski definition) is 1. The van der Waals surface area contributed by atoms with Gasteiger partial charge in [-0.25, -0.2) is 4.39 Å². The highest BCUT2D eigenvalue weighted by Gasteiger charge is 2.21. The first kappa shape index (κ1) is 16.6. The van der Waals surface area contributed by atoms with Crippen LogP contribution in [0.15, 0.2) is 22.7 Å². The number of benzene rings is 1. The third-order valence-corrected chi connectivity index (χ3v) is 4.28. The molecule has 0 amide bonds. The van der Waals surface area contributed by atoms with Crippen LogP contribution in [0.3, 0.4) is 0 Å². The largest absolute Gasteiger partial charge is 0.314 e. The lowest BCUT2D eigenvalue weighted by atomic mass is 9.84. The Morgan fingerprint density at radius 1 is 1.26 bits per heavy atom. The van der Waals surface area contributed by atoms with E-state index in [1.165, 1.54) is 5.56 Å². The van der Waals surface area contributed by atoms with Crippen molar-refractivity contribution >= 4 is 15.9 Å². The molecule has 1 nitrogen and oxygen atoms in total. The van der Waals surface area contributed by atoms with E-state index in [1.54, 1.807) is 6.07 Å². The van der Waals surface area contributed by atoms with Gasteiger partial charge in [-0.3, -0.25) is 0 Å². The van der Waals surface area contributed by atoms with E-state index in [0.717, 1.165) is 19.4 Å². The second kappa shape index (κ2) is 8.01. The molecule has 0 aliphatic heterocycles. The molecule has 0 spiro atoms. The van der Waals surface area contributed by atoms with E-state index >= 15 is 0 Å². The summed E-state index contributed by atoms with van der Waals surface area (Å²) in [6, 6.07) is 5.81. The van der Waals surface area contributed by atoms with Crippen molar-refractivity contribution in [1.82, 2.24) is 5.32 Å². The average molecular weight is 330 g/mol. The summed E-state index contributed by atoms with van der Waals surface area (Å²) in [5.41, 5.74) is 1.19. The van der Waals surface area contributed by atoms with Gasteiger partial charge < -0.3 is 5.32 Å². The lowest BCUT2D eigenvalue weighted by Crippen LogP contribution is -2.37. The number of halogens is 2. The second-order valence-electron chi connectivity index (χ2n) is 5.60. The van der Waals surface area contributed by atoms with Gasteiger partial charge in [-0.15, -0.1) is 0 Å². The summed E-state index contributed by atoms with van der Waals surface area (Å²) in [6.45, 7) is 10.00. The van der Waals surface area contributed by atoms with Crippen LogP contribution >= 0.6 is 15.9 Å². The summed E-state index contributed by atoms with van der Waals surface area (Å²) in [5.74, 6) is 0.967. The fraction of sp³-hybridized carbons (Fsp3) is 0.625. The maximum atomic E-state index is 13.3. The Morgan fingerprint density at radius 2 is 1.95 bits per heavy atom. The van der Waals surface area contributed by atoms with Crippen LogP contribution in [0.2, 0.25) is 0 Å². The first-order valence-corrected chi connectivity index (χ1v) is 7.92. The summed E-state index contributed by atoms with van der Waals surface area (Å²) in [5, 5.41) is 3.57. The first-order valence-electron chi connectivity index (χ1n) is 7.13. The maximum Gasteiger partial charge on any atom is 0.137 e. The first-order chi connectivity index (χ1) is 8.95. The number of rotatable bonds is 7. The molecule has 1 aromatic carbocycles. The predicted molar refractivity (Wildman–Crippen MR) is 83.9 cm³/mol. The number of nitrogens with one attached hydrogen (secondary N) is 1. The fourth-order valence-electron chi connectivity index (χ4n) is 2.45. The van der Waals surface area contributed by atoms with Crippen molar-refractivity contribution in [2.45, 2.75) is 46.6 Å². The highest BCUT2D eigenvalue weighted by Crippen LogP contribution is 2.24. The van der Waals surface area contributed by atoms with Crippen LogP contribution in [0, 0.1) is 17.7 Å². The molecule has 108 valence electrons. The van der Waals surface area contributed by atoms with Gasteiger partial charge in [-0.05, 0) is 71.8 Å². The smallest absolute Gasteiger partial charge is 0.137 e. The molecule has 0 fully saturated rings. The minimum Gasteiger partial charge on any atom is -0.314 e. The molecule has 3 heteroatoms. The van der Waals surface area contributed by atoms with Crippen LogP contribution in [-0.4, -0.2) is 12.6 Å². The van der Waals surface area contributed by atoms with Crippen LogP contribution in [0.1, 0.15) is 39.7 Å². The molecule has 1 rings (SSSR count). The van der Waals surface area contributed by atoms with Gasteiger partial charge in [0.1, 0.15) is 5.82 Å². The van der Waals surface area contributed by atoms with Crippen molar-refractivity contribution in [2.75, 3.05) is 6.54 Å². The van der Waals surface area contributed by atoms with Gasteiger partial charge in [0.2, 0.25) is 0 Å². The van der Waals surface area contributed by atoms with Crippen LogP contribution < -0.4 is 5.32 Å². The molecule has 0 saturated heterocycles. The van der Waals surface area contributed by atoms with E-state index in [9.17, 15) is 4.39 Å². The summed E-state index contributed by atoms with van der Waals surface area (Å²) in [4.78, 5) is 0. The Morgan fingerprint density at radius 3 is 2.47 bits per heavy atom. The highest BCUT2D eigenvalue weighted by molar-refractivity contribution is 9.10. The van der Waals surface area contributed by atoms with Gasteiger partial charge in [0, 0.05) is 6.04 Å². The Bertz CT molecular complexity index is 392. The normalized spacial score (nSPS) is 14.7. The van der Waals surface area contributed by atoms with Crippen molar-refractivity contribution in [3.63, 3.8) is 0 Å². The minimum absolute atomic E-state index is 0.193. The van der Waals surface area contributed by atoms with E-state index in [0.29, 0.717) is 22.4 Å². The van der Waals surface area contributed by atoms with Gasteiger partial charge in [-0.2, -0.15) is 0 Å². The van der Waals surface area contributed by atoms with E-state index in [1.807, 2.05) is 12.1 Å². The molecule has 0 heterocycles. The molecule has 0 bridgehead atoms. The van der Waals surface area contributed by atoms with Crippen LogP contribution in [0.4, 0.5) is 4.39 Å². The molecule has 0 aliphatic rings. The summed E-state index contributed by atoms with van der Waals surface area (Å²) >= 11 is 3.26. The van der Waals surface area contributed by atoms with Gasteiger partial charge in [0.25, 0.3) is 0 Å². The van der Waals surface area contributed by atoms with Gasteiger partial charge in [0.05, 0.1) is 4.47 Å². The van der Waals surface area contributed by atoms with Gasteiger partial charge in [-0.1, -0.05) is 26.8 Å². The lowest BCUT2D eigenvalue weighted by molar-refractivity contribution is 0.289. The molecule has 1 aromatic rings. The van der Waals surface area contributed by atoms with Crippen molar-refractivity contribution in [3.8, 4) is 0 Å². The summed E-state index contributed by atoms with van der Waals surface area (Å²) in [7, 11) is 0. The summed E-state index contributed by atoms with van der Waals surface area (Å²) in [6.07, 6.45) is 2.13. The molecule has 1 N–H and O–H groups in total. The minimum atomic E-state index is -0.193. The zero-order valence-electron chi connectivity index (χ0n) is 12.3. The van der Waals surface area contributed by atoms with Crippen LogP contribution in [0.5, 0.6) is 0 Å². The lowest BCUT2D eigenvalue weighted by Gasteiger charge is -2.28. The Kier molecular flexibility index (Phi) is 7.01. The third kappa shape index (κ3) is 5.23. The van der Waals surface area contributed by atoms with Crippen LogP contribution in [-0.2, 0) is 6.42 Å².